The fourth-order valence-electron chi connectivity index (χ4n) is 4.40. The number of ether oxygens (including phenoxy) is 1. The molecule has 2 N–H and O–H groups in total. The highest BCUT2D eigenvalue weighted by Crippen LogP contribution is 2.40. The number of sulfonamides is 1. The topological polar surface area (TPSA) is 116 Å². The molecule has 2 heterocycles. The fraction of sp³-hybridized carbons (Fsp3) is 0.185. The number of hydrogen-bond donors (Lipinski definition) is 2. The minimum atomic E-state index is -4.06. The van der Waals surface area contributed by atoms with Gasteiger partial charge < -0.3 is 20.1 Å². The Morgan fingerprint density at radius 2 is 1.77 bits per heavy atom. The molecule has 0 saturated heterocycles. The summed E-state index contributed by atoms with van der Waals surface area (Å²) in [7, 11) is -2.64. The van der Waals surface area contributed by atoms with E-state index >= 15 is 0 Å². The molecule has 1 amide bonds. The summed E-state index contributed by atoms with van der Waals surface area (Å²) in [6, 6.07) is 19.4. The number of nitrogens with one attached hydrogen (secondary N) is 2. The third kappa shape index (κ3) is 5.41. The third-order valence-corrected chi connectivity index (χ3v) is 7.65. The standard InChI is InChI=1S/C27H24F2N5O4S/c1-38-24-10-6-5-9-21(24)33-39(36,37)19-13-11-18(12-14-19)31-27(35)20-16-30-34-23(25(28)29)15-22(32-26(20)34)17-7-3-2-4-8-17/h2-14,16,22-23,25H,15H2,1H3,(H2,30,31,32,35)/q-1. The smallest absolute Gasteiger partial charge is 0.261 e. The highest BCUT2D eigenvalue weighted by molar-refractivity contribution is 7.94. The summed E-state index contributed by atoms with van der Waals surface area (Å²) in [6.45, 7) is 0. The molecule has 1 aliphatic heterocycles. The molecule has 202 valence electrons. The molecule has 2 unspecified atom stereocenters. The maximum absolute atomic E-state index is 13.9. The summed E-state index contributed by atoms with van der Waals surface area (Å²) in [5, 5.41) is 9.92. The number of nitrogens with zero attached hydrogens (tertiary/aromatic N) is 3. The van der Waals surface area contributed by atoms with Gasteiger partial charge in [-0.1, -0.05) is 54.2 Å². The molecule has 12 heteroatoms. The molecule has 1 aliphatic rings. The maximum atomic E-state index is 13.9. The summed E-state index contributed by atoms with van der Waals surface area (Å²) >= 11 is 0. The van der Waals surface area contributed by atoms with E-state index in [2.05, 4.69) is 20.5 Å². The Bertz CT molecular complexity index is 1580. The van der Waals surface area contributed by atoms with E-state index in [0.29, 0.717) is 11.4 Å². The first kappa shape index (κ1) is 26.2. The van der Waals surface area contributed by atoms with Crippen LogP contribution in [0.2, 0.25) is 0 Å². The molecule has 0 saturated carbocycles. The molecule has 3 aromatic carbocycles. The summed E-state index contributed by atoms with van der Waals surface area (Å²) in [6.07, 6.45) is -1.33. The molecule has 0 fully saturated rings. The van der Waals surface area contributed by atoms with E-state index in [4.69, 9.17) is 4.74 Å². The number of benzene rings is 3. The highest BCUT2D eigenvalue weighted by Gasteiger charge is 2.36. The lowest BCUT2D eigenvalue weighted by Gasteiger charge is -2.32. The van der Waals surface area contributed by atoms with Crippen LogP contribution in [0.25, 0.3) is 4.72 Å². The number of alkyl halides is 2. The predicted octanol–water partition coefficient (Wildman–Crippen LogP) is 5.90. The number of halogens is 2. The van der Waals surface area contributed by atoms with Crippen molar-refractivity contribution in [3.63, 3.8) is 0 Å². The Balaban J connectivity index is 1.34. The molecule has 1 aromatic heterocycles. The van der Waals surface area contributed by atoms with Crippen LogP contribution in [0.4, 0.5) is 26.0 Å². The summed E-state index contributed by atoms with van der Waals surface area (Å²) in [5.41, 5.74) is 1.37. The second-order valence-corrected chi connectivity index (χ2v) is 10.4. The Labute approximate surface area is 223 Å². The summed E-state index contributed by atoms with van der Waals surface area (Å²) in [5.74, 6) is -0.0841. The van der Waals surface area contributed by atoms with Crippen LogP contribution in [0.15, 0.2) is 90.0 Å². The van der Waals surface area contributed by atoms with Gasteiger partial charge in [-0.25, -0.2) is 21.9 Å². The van der Waals surface area contributed by atoms with Gasteiger partial charge in [0, 0.05) is 5.69 Å². The summed E-state index contributed by atoms with van der Waals surface area (Å²) in [4.78, 5) is 13.0. The SMILES string of the molecule is COc1ccccc1[N-]S(=O)(=O)c1ccc(NC(=O)c2cnn3c2NC(c2ccccc2)CC3C(F)F)cc1. The maximum Gasteiger partial charge on any atom is 0.261 e. The van der Waals surface area contributed by atoms with Crippen molar-refractivity contribution in [2.24, 2.45) is 0 Å². The number of aromatic nitrogens is 2. The number of rotatable bonds is 8. The zero-order chi connectivity index (χ0) is 27.6. The zero-order valence-electron chi connectivity index (χ0n) is 20.7. The average molecular weight is 553 g/mol. The lowest BCUT2D eigenvalue weighted by Crippen LogP contribution is -2.31. The Kier molecular flexibility index (Phi) is 7.20. The van der Waals surface area contributed by atoms with Gasteiger partial charge in [0.25, 0.3) is 12.3 Å². The quantitative estimate of drug-likeness (QED) is 0.281. The first-order valence-corrected chi connectivity index (χ1v) is 13.4. The van der Waals surface area contributed by atoms with Gasteiger partial charge in [0.1, 0.15) is 33.2 Å². The van der Waals surface area contributed by atoms with Crippen molar-refractivity contribution in [3.8, 4) is 5.75 Å². The minimum absolute atomic E-state index is 0.0820. The fourth-order valence-corrected chi connectivity index (χ4v) is 5.39. The number of para-hydroxylation sites is 1. The normalized spacial score (nSPS) is 16.7. The molecule has 5 rings (SSSR count). The molecule has 0 radical (unpaired) electrons. The molecular formula is C27H24F2N5O4S-. The number of carbonyl (C=O) groups excluding carboxylic acids is 1. The Morgan fingerprint density at radius 3 is 2.46 bits per heavy atom. The lowest BCUT2D eigenvalue weighted by atomic mass is 9.97. The molecule has 0 spiro atoms. The lowest BCUT2D eigenvalue weighted by molar-refractivity contribution is 0.0657. The predicted molar refractivity (Wildman–Crippen MR) is 142 cm³/mol. The van der Waals surface area contributed by atoms with Crippen molar-refractivity contribution >= 4 is 33.1 Å². The van der Waals surface area contributed by atoms with Crippen LogP contribution in [-0.4, -0.2) is 37.6 Å². The van der Waals surface area contributed by atoms with Gasteiger partial charge in [0.15, 0.2) is 0 Å². The van der Waals surface area contributed by atoms with E-state index in [0.717, 1.165) is 10.2 Å². The monoisotopic (exact) mass is 552 g/mol. The van der Waals surface area contributed by atoms with Gasteiger partial charge in [-0.3, -0.25) is 4.79 Å². The van der Waals surface area contributed by atoms with E-state index in [1.807, 2.05) is 30.3 Å². The molecule has 2 atom stereocenters. The van der Waals surface area contributed by atoms with Gasteiger partial charge >= 0.3 is 0 Å². The van der Waals surface area contributed by atoms with Gasteiger partial charge in [-0.05, 0) is 42.3 Å². The van der Waals surface area contributed by atoms with E-state index in [9.17, 15) is 22.0 Å². The van der Waals surface area contributed by atoms with E-state index in [1.54, 1.807) is 18.2 Å². The van der Waals surface area contributed by atoms with Crippen molar-refractivity contribution in [2.75, 3.05) is 17.7 Å². The van der Waals surface area contributed by atoms with E-state index in [-0.39, 0.29) is 28.4 Å². The van der Waals surface area contributed by atoms with Crippen molar-refractivity contribution in [3.05, 3.63) is 101 Å². The van der Waals surface area contributed by atoms with E-state index < -0.39 is 34.4 Å². The number of methoxy groups -OCH3 is 1. The highest BCUT2D eigenvalue weighted by atomic mass is 32.2. The number of carbonyl (C=O) groups is 1. The van der Waals surface area contributed by atoms with Crippen LogP contribution in [0.3, 0.4) is 0 Å². The first-order chi connectivity index (χ1) is 18.8. The van der Waals surface area contributed by atoms with Crippen molar-refractivity contribution in [1.29, 1.82) is 0 Å². The van der Waals surface area contributed by atoms with Crippen LogP contribution in [-0.2, 0) is 10.0 Å². The van der Waals surface area contributed by atoms with Crippen molar-refractivity contribution in [2.45, 2.75) is 29.8 Å². The third-order valence-electron chi connectivity index (χ3n) is 6.35. The molecule has 4 aromatic rings. The van der Waals surface area contributed by atoms with Gasteiger partial charge in [-0.2, -0.15) is 5.10 Å². The number of anilines is 2. The molecular weight excluding hydrogens is 528 g/mol. The Hall–Kier alpha value is -4.45. The van der Waals surface area contributed by atoms with Crippen molar-refractivity contribution < 1.29 is 26.7 Å². The Morgan fingerprint density at radius 1 is 1.08 bits per heavy atom. The van der Waals surface area contributed by atoms with Gasteiger partial charge in [-0.15, -0.1) is 0 Å². The molecule has 0 aliphatic carbocycles. The number of hydrogen-bond acceptors (Lipinski definition) is 6. The molecule has 9 nitrogen and oxygen atoms in total. The van der Waals surface area contributed by atoms with Gasteiger partial charge in [0.05, 0.1) is 24.2 Å². The number of fused-ring (bicyclic) bond motifs is 1. The van der Waals surface area contributed by atoms with Crippen LogP contribution in [0.1, 0.15) is 34.4 Å². The van der Waals surface area contributed by atoms with Crippen LogP contribution in [0, 0.1) is 0 Å². The van der Waals surface area contributed by atoms with Crippen LogP contribution in [0.5, 0.6) is 5.75 Å². The van der Waals surface area contributed by atoms with Gasteiger partial charge in [0.2, 0.25) is 0 Å². The van der Waals surface area contributed by atoms with Crippen molar-refractivity contribution in [1.82, 2.24) is 9.78 Å². The zero-order valence-corrected chi connectivity index (χ0v) is 21.5. The summed E-state index contributed by atoms with van der Waals surface area (Å²) < 4.78 is 63.5. The number of amides is 1. The second kappa shape index (κ2) is 10.7. The molecule has 39 heavy (non-hydrogen) atoms. The van der Waals surface area contributed by atoms with Crippen LogP contribution >= 0.6 is 0 Å². The second-order valence-electron chi connectivity index (χ2n) is 8.81. The largest absolute Gasteiger partial charge is 0.570 e. The average Bonchev–Trinajstić information content (AvgIpc) is 3.37. The van der Waals surface area contributed by atoms with Crippen LogP contribution < -0.4 is 15.4 Å². The minimum Gasteiger partial charge on any atom is -0.570 e. The van der Waals surface area contributed by atoms with E-state index in [1.165, 1.54) is 43.6 Å². The molecule has 0 bridgehead atoms. The first-order valence-electron chi connectivity index (χ1n) is 12.0.